The number of carbonyl (C=O) groups excluding carboxylic acids is 1. The average Bonchev–Trinajstić information content (AvgIpc) is 3.67. The minimum absolute atomic E-state index is 0.0401. The van der Waals surface area contributed by atoms with Crippen molar-refractivity contribution in [3.8, 4) is 5.75 Å². The van der Waals surface area contributed by atoms with Gasteiger partial charge in [0.25, 0.3) is 0 Å². The number of ether oxygens (including phenoxy) is 2. The van der Waals surface area contributed by atoms with Crippen LogP contribution in [0.1, 0.15) is 26.2 Å². The highest BCUT2D eigenvalue weighted by molar-refractivity contribution is 6.32. The molecule has 11 heteroatoms. The highest BCUT2D eigenvalue weighted by Gasteiger charge is 2.45. The van der Waals surface area contributed by atoms with Crippen LogP contribution in [0.25, 0.3) is 11.0 Å². The predicted molar refractivity (Wildman–Crippen MR) is 143 cm³/mol. The second kappa shape index (κ2) is 9.67. The molecule has 2 bridgehead atoms. The fraction of sp³-hybridized carbons (Fsp3) is 0.407. The first kappa shape index (κ1) is 24.8. The van der Waals surface area contributed by atoms with Crippen molar-refractivity contribution in [2.45, 2.75) is 43.9 Å². The first-order valence-electron chi connectivity index (χ1n) is 12.7. The number of hydrogen-bond acceptors (Lipinski definition) is 8. The molecule has 0 aliphatic carbocycles. The molecule has 198 valence electrons. The molecule has 5 heterocycles. The Balaban J connectivity index is 1.23. The predicted octanol–water partition coefficient (Wildman–Crippen LogP) is 4.48. The summed E-state index contributed by atoms with van der Waals surface area (Å²) in [6.45, 7) is 7.89. The number of aromatic nitrogens is 3. The zero-order valence-electron chi connectivity index (χ0n) is 21.0. The van der Waals surface area contributed by atoms with Gasteiger partial charge in [-0.2, -0.15) is 0 Å². The molecule has 0 unspecified atom stereocenters. The van der Waals surface area contributed by atoms with Gasteiger partial charge >= 0.3 is 0 Å². The first-order valence-corrected chi connectivity index (χ1v) is 13.1. The van der Waals surface area contributed by atoms with Crippen molar-refractivity contribution in [2.24, 2.45) is 0 Å². The molecule has 3 saturated heterocycles. The summed E-state index contributed by atoms with van der Waals surface area (Å²) >= 11 is 6.34. The number of anilines is 3. The van der Waals surface area contributed by atoms with E-state index >= 15 is 4.39 Å². The smallest absolute Gasteiger partial charge is 0.246 e. The van der Waals surface area contributed by atoms with Crippen molar-refractivity contribution in [1.29, 1.82) is 0 Å². The number of rotatable bonds is 7. The van der Waals surface area contributed by atoms with E-state index in [0.29, 0.717) is 43.2 Å². The number of fused-ring (bicyclic) bond motifs is 3. The lowest BCUT2D eigenvalue weighted by molar-refractivity contribution is -0.127. The van der Waals surface area contributed by atoms with E-state index in [1.807, 2.05) is 24.0 Å². The van der Waals surface area contributed by atoms with Crippen LogP contribution in [0, 0.1) is 5.82 Å². The van der Waals surface area contributed by atoms with Gasteiger partial charge < -0.3 is 24.6 Å². The molecule has 1 N–H and O–H groups in total. The summed E-state index contributed by atoms with van der Waals surface area (Å²) in [5.41, 5.74) is 0.884. The highest BCUT2D eigenvalue weighted by atomic mass is 35.5. The third kappa shape index (κ3) is 4.41. The van der Waals surface area contributed by atoms with Gasteiger partial charge in [0.2, 0.25) is 5.91 Å². The summed E-state index contributed by atoms with van der Waals surface area (Å²) in [5.74, 6) is 0.696. The maximum atomic E-state index is 15.3. The largest absolute Gasteiger partial charge is 0.489 e. The Kier molecular flexibility index (Phi) is 6.31. The zero-order chi connectivity index (χ0) is 26.4. The maximum Gasteiger partial charge on any atom is 0.246 e. The summed E-state index contributed by atoms with van der Waals surface area (Å²) in [7, 11) is 0. The van der Waals surface area contributed by atoms with Gasteiger partial charge in [0.05, 0.1) is 28.9 Å². The molecule has 3 atom stereocenters. The van der Waals surface area contributed by atoms with Crippen LogP contribution < -0.4 is 15.0 Å². The van der Waals surface area contributed by atoms with Crippen LogP contribution >= 0.6 is 11.6 Å². The maximum absolute atomic E-state index is 15.3. The molecule has 3 fully saturated rings. The summed E-state index contributed by atoms with van der Waals surface area (Å²) in [6.07, 6.45) is 5.51. The molecule has 2 aromatic heterocycles. The Morgan fingerprint density at radius 3 is 2.92 bits per heavy atom. The lowest BCUT2D eigenvalue weighted by Gasteiger charge is -2.34. The summed E-state index contributed by atoms with van der Waals surface area (Å²) in [4.78, 5) is 29.7. The molecule has 0 saturated carbocycles. The molecule has 0 radical (unpaired) electrons. The first-order chi connectivity index (χ1) is 18.3. The van der Waals surface area contributed by atoms with Crippen molar-refractivity contribution in [3.05, 3.63) is 54.1 Å². The Morgan fingerprint density at radius 1 is 1.32 bits per heavy atom. The molecular formula is C27H28ClFN6O3. The number of halogens is 2. The van der Waals surface area contributed by atoms with Crippen molar-refractivity contribution < 1.29 is 18.7 Å². The van der Waals surface area contributed by atoms with Gasteiger partial charge in [-0.15, -0.1) is 0 Å². The number of hydrogen-bond donors (Lipinski definition) is 1. The van der Waals surface area contributed by atoms with Crippen LogP contribution in [0.5, 0.6) is 5.75 Å². The van der Waals surface area contributed by atoms with Crippen molar-refractivity contribution >= 4 is 45.9 Å². The van der Waals surface area contributed by atoms with Gasteiger partial charge in [-0.3, -0.25) is 4.79 Å². The number of nitrogens with one attached hydrogen (secondary N) is 1. The minimum atomic E-state index is -0.645. The van der Waals surface area contributed by atoms with Crippen molar-refractivity contribution in [3.63, 3.8) is 0 Å². The van der Waals surface area contributed by atoms with Gasteiger partial charge in [0.1, 0.15) is 35.0 Å². The van der Waals surface area contributed by atoms with E-state index in [4.69, 9.17) is 26.1 Å². The average molecular weight is 539 g/mol. The van der Waals surface area contributed by atoms with E-state index in [-0.39, 0.29) is 34.5 Å². The van der Waals surface area contributed by atoms with Crippen LogP contribution in [0.2, 0.25) is 5.02 Å². The standard InChI is InChI=1S/C27H28ClFN6O3/c1-3-22(36)35-13-16-11-17(35)12-34(16)21-8-6-19-25(33-21)26(31-15-30-19)32-18-5-7-20(23(28)24(18)29)37-14-27(2)9-4-10-38-27/h3,5-8,15-17H,1,4,9-14H2,2H3,(H,30,31,32)/t16-,17-,27-/m0/s1. The Morgan fingerprint density at radius 2 is 2.18 bits per heavy atom. The third-order valence-electron chi connectivity index (χ3n) is 7.59. The number of benzene rings is 1. The fourth-order valence-electron chi connectivity index (χ4n) is 5.56. The number of pyridine rings is 1. The molecule has 0 spiro atoms. The number of likely N-dealkylation sites (tertiary alicyclic amines) is 1. The monoisotopic (exact) mass is 538 g/mol. The lowest BCUT2D eigenvalue weighted by Crippen LogP contribution is -2.48. The number of nitrogens with zero attached hydrogens (tertiary/aromatic N) is 5. The molecule has 1 amide bonds. The van der Waals surface area contributed by atoms with Gasteiger partial charge in [0.15, 0.2) is 11.6 Å². The van der Waals surface area contributed by atoms with Crippen LogP contribution in [0.3, 0.4) is 0 Å². The van der Waals surface area contributed by atoms with Crippen LogP contribution in [-0.2, 0) is 9.53 Å². The van der Waals surface area contributed by atoms with Crippen LogP contribution in [-0.4, -0.2) is 69.7 Å². The topological polar surface area (TPSA) is 92.7 Å². The molecule has 38 heavy (non-hydrogen) atoms. The van der Waals surface area contributed by atoms with E-state index in [2.05, 4.69) is 26.8 Å². The number of carbonyl (C=O) groups is 1. The van der Waals surface area contributed by atoms with E-state index in [1.165, 1.54) is 12.4 Å². The highest BCUT2D eigenvalue weighted by Crippen LogP contribution is 2.37. The molecule has 3 aliphatic rings. The zero-order valence-corrected chi connectivity index (χ0v) is 21.7. The van der Waals surface area contributed by atoms with E-state index in [9.17, 15) is 4.79 Å². The van der Waals surface area contributed by atoms with Crippen LogP contribution in [0.15, 0.2) is 43.2 Å². The lowest BCUT2D eigenvalue weighted by atomic mass is 10.0. The Hall–Kier alpha value is -3.50. The number of amides is 1. The minimum Gasteiger partial charge on any atom is -0.489 e. The van der Waals surface area contributed by atoms with Gasteiger partial charge in [0, 0.05) is 19.7 Å². The Labute approximate surface area is 224 Å². The fourth-order valence-corrected chi connectivity index (χ4v) is 5.78. The van der Waals surface area contributed by atoms with Crippen molar-refractivity contribution in [2.75, 3.05) is 36.5 Å². The molecular weight excluding hydrogens is 511 g/mol. The van der Waals surface area contributed by atoms with E-state index in [1.54, 1.807) is 12.1 Å². The van der Waals surface area contributed by atoms with Gasteiger partial charge in [-0.25, -0.2) is 19.3 Å². The summed E-state index contributed by atoms with van der Waals surface area (Å²) in [5, 5.41) is 2.92. The summed E-state index contributed by atoms with van der Waals surface area (Å²) in [6, 6.07) is 7.29. The molecule has 1 aromatic carbocycles. The second-order valence-electron chi connectivity index (χ2n) is 10.2. The molecule has 6 rings (SSSR count). The van der Waals surface area contributed by atoms with E-state index < -0.39 is 11.4 Å². The van der Waals surface area contributed by atoms with E-state index in [0.717, 1.165) is 25.1 Å². The van der Waals surface area contributed by atoms with Gasteiger partial charge in [-0.05, 0) is 56.5 Å². The SMILES string of the molecule is C=CC(=O)N1C[C@@H]2C[C@H]1CN2c1ccc2ncnc(Nc3ccc(OC[C@]4(C)CCCO4)c(Cl)c3F)c2n1. The molecule has 9 nitrogen and oxygen atoms in total. The molecule has 3 aliphatic heterocycles. The summed E-state index contributed by atoms with van der Waals surface area (Å²) < 4.78 is 26.8. The van der Waals surface area contributed by atoms with Crippen molar-refractivity contribution in [1.82, 2.24) is 19.9 Å². The van der Waals surface area contributed by atoms with Crippen LogP contribution in [0.4, 0.5) is 21.7 Å². The Bertz CT molecular complexity index is 1420. The third-order valence-corrected chi connectivity index (χ3v) is 7.95. The second-order valence-corrected chi connectivity index (χ2v) is 10.6. The number of piperazine rings is 1. The quantitative estimate of drug-likeness (QED) is 0.440. The van der Waals surface area contributed by atoms with Gasteiger partial charge in [-0.1, -0.05) is 18.2 Å². The molecule has 3 aromatic rings. The normalized spacial score (nSPS) is 24.3.